The first kappa shape index (κ1) is 15.1. The van der Waals surface area contributed by atoms with Crippen LogP contribution in [0.1, 0.15) is 19.3 Å². The predicted molar refractivity (Wildman–Crippen MR) is 78.9 cm³/mol. The summed E-state index contributed by atoms with van der Waals surface area (Å²) in [6, 6.07) is 4.95. The van der Waals surface area contributed by atoms with Crippen molar-refractivity contribution in [2.24, 2.45) is 0 Å². The number of hydrogen-bond donors (Lipinski definition) is 2. The Morgan fingerprint density at radius 2 is 2.35 bits per heavy atom. The fourth-order valence-corrected chi connectivity index (χ4v) is 2.16. The molecule has 3 N–H and O–H groups in total. The number of nitrogens with two attached hydrogens (primary N) is 1. The van der Waals surface area contributed by atoms with Crippen LogP contribution < -0.4 is 11.1 Å². The standard InChI is InChI=1S/C14H19ClN2O3/c15-12-5-4-10(7-13(12)16)17-14(18)9-19-8-11-3-1-2-6-20-11/h4-5,7,11H,1-3,6,8-9,16H2,(H,17,18). The van der Waals surface area contributed by atoms with Crippen LogP contribution in [0.3, 0.4) is 0 Å². The molecule has 0 aliphatic carbocycles. The van der Waals surface area contributed by atoms with Gasteiger partial charge in [-0.15, -0.1) is 0 Å². The van der Waals surface area contributed by atoms with E-state index < -0.39 is 0 Å². The average Bonchev–Trinajstić information content (AvgIpc) is 2.44. The van der Waals surface area contributed by atoms with Gasteiger partial charge in [-0.2, -0.15) is 0 Å². The van der Waals surface area contributed by atoms with Gasteiger partial charge in [0.2, 0.25) is 5.91 Å². The van der Waals surface area contributed by atoms with Crippen molar-refractivity contribution in [2.45, 2.75) is 25.4 Å². The summed E-state index contributed by atoms with van der Waals surface area (Å²) in [5.74, 6) is -0.220. The number of hydrogen-bond acceptors (Lipinski definition) is 4. The molecule has 1 aromatic carbocycles. The number of ether oxygens (including phenoxy) is 2. The quantitative estimate of drug-likeness (QED) is 0.819. The molecular weight excluding hydrogens is 280 g/mol. The second-order valence-electron chi connectivity index (χ2n) is 4.79. The van der Waals surface area contributed by atoms with Crippen LogP contribution in [0.4, 0.5) is 11.4 Å². The van der Waals surface area contributed by atoms with E-state index in [1.807, 2.05) is 0 Å². The first-order valence-electron chi connectivity index (χ1n) is 6.69. The Morgan fingerprint density at radius 3 is 3.05 bits per heavy atom. The van der Waals surface area contributed by atoms with Crippen molar-refractivity contribution in [3.05, 3.63) is 23.2 Å². The molecule has 1 fully saturated rings. The lowest BCUT2D eigenvalue weighted by Crippen LogP contribution is -2.27. The summed E-state index contributed by atoms with van der Waals surface area (Å²) in [4.78, 5) is 11.7. The third kappa shape index (κ3) is 4.67. The summed E-state index contributed by atoms with van der Waals surface area (Å²) < 4.78 is 10.9. The molecule has 1 amide bonds. The SMILES string of the molecule is Nc1cc(NC(=O)COCC2CCCCO2)ccc1Cl. The highest BCUT2D eigenvalue weighted by atomic mass is 35.5. The Labute approximate surface area is 123 Å². The van der Waals surface area contributed by atoms with Gasteiger partial charge in [-0.25, -0.2) is 0 Å². The maximum atomic E-state index is 11.7. The lowest BCUT2D eigenvalue weighted by molar-refractivity contribution is -0.122. The highest BCUT2D eigenvalue weighted by molar-refractivity contribution is 6.33. The number of halogens is 1. The molecule has 1 aromatic rings. The van der Waals surface area contributed by atoms with Crippen molar-refractivity contribution in [3.8, 4) is 0 Å². The molecule has 1 unspecified atom stereocenters. The molecule has 1 heterocycles. The lowest BCUT2D eigenvalue weighted by Gasteiger charge is -2.22. The number of rotatable bonds is 5. The molecular formula is C14H19ClN2O3. The molecule has 2 rings (SSSR count). The molecule has 0 bridgehead atoms. The topological polar surface area (TPSA) is 73.6 Å². The third-order valence-corrected chi connectivity index (χ3v) is 3.43. The van der Waals surface area contributed by atoms with Gasteiger partial charge < -0.3 is 20.5 Å². The smallest absolute Gasteiger partial charge is 0.250 e. The number of amides is 1. The van der Waals surface area contributed by atoms with Gasteiger partial charge in [-0.3, -0.25) is 4.79 Å². The van der Waals surface area contributed by atoms with Crippen LogP contribution >= 0.6 is 11.6 Å². The second kappa shape index (κ2) is 7.47. The van der Waals surface area contributed by atoms with E-state index in [1.165, 1.54) is 0 Å². The van der Waals surface area contributed by atoms with E-state index in [9.17, 15) is 4.79 Å². The molecule has 1 aliphatic rings. The van der Waals surface area contributed by atoms with Gasteiger partial charge >= 0.3 is 0 Å². The number of carbonyl (C=O) groups excluding carboxylic acids is 1. The molecule has 1 aliphatic heterocycles. The fourth-order valence-electron chi connectivity index (χ4n) is 2.04. The highest BCUT2D eigenvalue weighted by Crippen LogP contribution is 2.22. The molecule has 6 heteroatoms. The van der Waals surface area contributed by atoms with Gasteiger partial charge in [0.1, 0.15) is 6.61 Å². The van der Waals surface area contributed by atoms with Crippen molar-refractivity contribution in [2.75, 3.05) is 30.9 Å². The summed E-state index contributed by atoms with van der Waals surface area (Å²) >= 11 is 5.81. The Balaban J connectivity index is 1.70. The Bertz CT molecular complexity index is 462. The minimum atomic E-state index is -0.220. The summed E-state index contributed by atoms with van der Waals surface area (Å²) in [5, 5.41) is 3.17. The third-order valence-electron chi connectivity index (χ3n) is 3.09. The van der Waals surface area contributed by atoms with E-state index in [1.54, 1.807) is 18.2 Å². The van der Waals surface area contributed by atoms with Crippen LogP contribution in [0.5, 0.6) is 0 Å². The van der Waals surface area contributed by atoms with Gasteiger partial charge in [0, 0.05) is 12.3 Å². The number of nitrogens with one attached hydrogen (secondary N) is 1. The molecule has 0 radical (unpaired) electrons. The first-order valence-corrected chi connectivity index (χ1v) is 7.07. The summed E-state index contributed by atoms with van der Waals surface area (Å²) in [6.07, 6.45) is 3.37. The Morgan fingerprint density at radius 1 is 1.50 bits per heavy atom. The van der Waals surface area contributed by atoms with E-state index in [0.717, 1.165) is 25.9 Å². The number of anilines is 2. The van der Waals surface area contributed by atoms with Crippen molar-refractivity contribution in [1.29, 1.82) is 0 Å². The van der Waals surface area contributed by atoms with Gasteiger partial charge in [0.15, 0.2) is 0 Å². The Hall–Kier alpha value is -1.30. The molecule has 110 valence electrons. The highest BCUT2D eigenvalue weighted by Gasteiger charge is 2.14. The van der Waals surface area contributed by atoms with E-state index in [2.05, 4.69) is 5.32 Å². The predicted octanol–water partition coefficient (Wildman–Crippen LogP) is 2.45. The van der Waals surface area contributed by atoms with Crippen LogP contribution in [0, 0.1) is 0 Å². The fraction of sp³-hybridized carbons (Fsp3) is 0.500. The van der Waals surface area contributed by atoms with Crippen LogP contribution in [-0.2, 0) is 14.3 Å². The molecule has 1 atom stereocenters. The van der Waals surface area contributed by atoms with E-state index in [-0.39, 0.29) is 18.6 Å². The minimum absolute atomic E-state index is 0.00237. The number of nitrogen functional groups attached to an aromatic ring is 1. The monoisotopic (exact) mass is 298 g/mol. The summed E-state index contributed by atoms with van der Waals surface area (Å²) in [6.45, 7) is 1.24. The van der Waals surface area contributed by atoms with Crippen LogP contribution in [0.2, 0.25) is 5.02 Å². The second-order valence-corrected chi connectivity index (χ2v) is 5.20. The molecule has 0 spiro atoms. The van der Waals surface area contributed by atoms with Gasteiger partial charge in [-0.1, -0.05) is 11.6 Å². The first-order chi connectivity index (χ1) is 9.65. The van der Waals surface area contributed by atoms with Crippen LogP contribution in [0.15, 0.2) is 18.2 Å². The largest absolute Gasteiger partial charge is 0.397 e. The zero-order chi connectivity index (χ0) is 14.4. The number of benzene rings is 1. The van der Waals surface area contributed by atoms with Crippen molar-refractivity contribution in [1.82, 2.24) is 0 Å². The van der Waals surface area contributed by atoms with E-state index in [4.69, 9.17) is 26.8 Å². The maximum absolute atomic E-state index is 11.7. The van der Waals surface area contributed by atoms with Crippen LogP contribution in [-0.4, -0.2) is 31.8 Å². The zero-order valence-corrected chi connectivity index (χ0v) is 12.0. The number of carbonyl (C=O) groups is 1. The summed E-state index contributed by atoms with van der Waals surface area (Å²) in [5.41, 5.74) is 6.70. The molecule has 0 saturated carbocycles. The minimum Gasteiger partial charge on any atom is -0.397 e. The average molecular weight is 299 g/mol. The molecule has 1 saturated heterocycles. The van der Waals surface area contributed by atoms with E-state index >= 15 is 0 Å². The molecule has 20 heavy (non-hydrogen) atoms. The van der Waals surface area contributed by atoms with Gasteiger partial charge in [-0.05, 0) is 37.5 Å². The lowest BCUT2D eigenvalue weighted by atomic mass is 10.1. The van der Waals surface area contributed by atoms with Crippen molar-refractivity contribution in [3.63, 3.8) is 0 Å². The maximum Gasteiger partial charge on any atom is 0.250 e. The van der Waals surface area contributed by atoms with Gasteiger partial charge in [0.25, 0.3) is 0 Å². The summed E-state index contributed by atoms with van der Waals surface area (Å²) in [7, 11) is 0. The van der Waals surface area contributed by atoms with Gasteiger partial charge in [0.05, 0.1) is 23.4 Å². The van der Waals surface area contributed by atoms with Crippen molar-refractivity contribution >= 4 is 28.9 Å². The Kier molecular flexibility index (Phi) is 5.64. The zero-order valence-electron chi connectivity index (χ0n) is 11.2. The normalized spacial score (nSPS) is 18.8. The molecule has 0 aromatic heterocycles. The van der Waals surface area contributed by atoms with Crippen LogP contribution in [0.25, 0.3) is 0 Å². The molecule has 5 nitrogen and oxygen atoms in total. The van der Waals surface area contributed by atoms with Crippen molar-refractivity contribution < 1.29 is 14.3 Å². The van der Waals surface area contributed by atoms with E-state index in [0.29, 0.717) is 23.0 Å².